The van der Waals surface area contributed by atoms with Gasteiger partial charge in [-0.05, 0) is 54.7 Å². The smallest absolute Gasteiger partial charge is 0.213 e. The van der Waals surface area contributed by atoms with E-state index in [0.29, 0.717) is 0 Å². The van der Waals surface area contributed by atoms with E-state index in [9.17, 15) is 0 Å². The maximum atomic E-state index is 8.49. The molecule has 0 unspecified atom stereocenters. The van der Waals surface area contributed by atoms with Gasteiger partial charge in [0.05, 0.1) is 7.11 Å². The number of nitrogens with zero attached hydrogens (tertiary/aromatic N) is 1. The molecule has 0 amide bonds. The van der Waals surface area contributed by atoms with Crippen LogP contribution in [0.2, 0.25) is 0 Å². The lowest BCUT2D eigenvalue weighted by Crippen LogP contribution is -2.68. The summed E-state index contributed by atoms with van der Waals surface area (Å²) in [5.41, 5.74) is 10.3. The number of pyridine rings is 1. The van der Waals surface area contributed by atoms with Crippen LogP contribution in [0.3, 0.4) is 0 Å². The molecule has 1 aliphatic rings. The molecule has 1 aromatic heterocycles. The minimum Gasteiger partial charge on any atom is -0.496 e. The van der Waals surface area contributed by atoms with E-state index < -0.39 is 10.2 Å². The fourth-order valence-electron chi connectivity index (χ4n) is 4.88. The number of hydrogen-bond donors (Lipinski definition) is 0. The minimum atomic E-state index is -4.94. The Bertz CT molecular complexity index is 1380. The summed E-state index contributed by atoms with van der Waals surface area (Å²) in [7, 11) is -0.996. The highest BCUT2D eigenvalue weighted by molar-refractivity contribution is 5.86. The van der Waals surface area contributed by atoms with E-state index in [2.05, 4.69) is 96.6 Å². The number of methoxy groups -OCH3 is 1. The molecule has 3 aromatic carbocycles. The number of halogens is 1. The van der Waals surface area contributed by atoms with Crippen LogP contribution >= 0.6 is 0 Å². The molecule has 0 fully saturated rings. The second-order valence-corrected chi connectivity index (χ2v) is 9.46. The van der Waals surface area contributed by atoms with Crippen molar-refractivity contribution >= 4 is 11.6 Å². The van der Waals surface area contributed by atoms with E-state index in [1.807, 2.05) is 12.1 Å². The molecule has 4 aromatic rings. The molecule has 0 saturated heterocycles. The molecule has 190 valence electrons. The highest BCUT2D eigenvalue weighted by Crippen LogP contribution is 2.38. The molecule has 6 nitrogen and oxygen atoms in total. The van der Waals surface area contributed by atoms with Gasteiger partial charge in [0.1, 0.15) is 12.8 Å². The SMILES string of the molecule is COc1ccccc1/C=C1\CCCc2c(-c3ccccc3)cc(-c3ccccc3)[n+](C)c21.[O-][Cl+3]([O-])([O-])[O-]. The van der Waals surface area contributed by atoms with Gasteiger partial charge in [-0.1, -0.05) is 66.7 Å². The molecular weight excluding hydrogens is 490 g/mol. The molecular formula is C30H28ClNO5. The van der Waals surface area contributed by atoms with E-state index >= 15 is 0 Å². The van der Waals surface area contributed by atoms with E-state index in [0.717, 1.165) is 30.6 Å². The number of fused-ring (bicyclic) bond motifs is 1. The third-order valence-electron chi connectivity index (χ3n) is 6.39. The first-order valence-corrected chi connectivity index (χ1v) is 13.1. The van der Waals surface area contributed by atoms with Crippen LogP contribution in [0.25, 0.3) is 34.0 Å². The zero-order valence-corrected chi connectivity index (χ0v) is 21.5. The lowest BCUT2D eigenvalue weighted by atomic mass is 9.84. The van der Waals surface area contributed by atoms with Crippen molar-refractivity contribution in [3.05, 3.63) is 108 Å². The summed E-state index contributed by atoms with van der Waals surface area (Å²) in [5.74, 6) is 0.914. The zero-order chi connectivity index (χ0) is 26.4. The quantitative estimate of drug-likeness (QED) is 0.385. The first-order valence-electron chi connectivity index (χ1n) is 11.9. The van der Waals surface area contributed by atoms with Crippen LogP contribution < -0.4 is 27.9 Å². The standard InChI is InChI=1S/C30H28NO.ClHO4/c1-31-28(23-14-7-4-8-15-23)21-27(22-12-5-3-6-13-22)26-18-11-17-25(30(26)31)20-24-16-9-10-19-29(24)32-2;2-1(3,4)5/h3-10,12-16,19-21H,11,17-18H2,1-2H3;(H,2,3,4,5)/q+1;/p-1/b25-20+;. The summed E-state index contributed by atoms with van der Waals surface area (Å²) in [4.78, 5) is 0. The Morgan fingerprint density at radius 2 is 1.35 bits per heavy atom. The third kappa shape index (κ3) is 6.63. The van der Waals surface area contributed by atoms with Crippen LogP contribution in [0.15, 0.2) is 91.0 Å². The molecule has 0 N–H and O–H groups in total. The van der Waals surface area contributed by atoms with E-state index in [4.69, 9.17) is 23.4 Å². The van der Waals surface area contributed by atoms with Crippen molar-refractivity contribution in [2.45, 2.75) is 19.3 Å². The lowest BCUT2D eigenvalue weighted by Gasteiger charge is -2.22. The number of ether oxygens (including phenoxy) is 1. The maximum absolute atomic E-state index is 8.49. The van der Waals surface area contributed by atoms with Gasteiger partial charge in [0.15, 0.2) is 0 Å². The topological polar surface area (TPSA) is 105 Å². The number of benzene rings is 3. The second kappa shape index (κ2) is 11.7. The van der Waals surface area contributed by atoms with Gasteiger partial charge in [-0.2, -0.15) is 4.57 Å². The lowest BCUT2D eigenvalue weighted by molar-refractivity contribution is -2.00. The Kier molecular flexibility index (Phi) is 8.38. The van der Waals surface area contributed by atoms with Gasteiger partial charge in [0, 0.05) is 28.3 Å². The van der Waals surface area contributed by atoms with Crippen molar-refractivity contribution in [2.75, 3.05) is 7.11 Å². The van der Waals surface area contributed by atoms with Gasteiger partial charge < -0.3 is 4.74 Å². The van der Waals surface area contributed by atoms with Crippen molar-refractivity contribution in [1.29, 1.82) is 0 Å². The Hall–Kier alpha value is -3.52. The predicted octanol–water partition coefficient (Wildman–Crippen LogP) is 1.97. The van der Waals surface area contributed by atoms with Crippen molar-refractivity contribution in [3.63, 3.8) is 0 Å². The maximum Gasteiger partial charge on any atom is 0.213 e. The van der Waals surface area contributed by atoms with Crippen LogP contribution in [0.5, 0.6) is 5.75 Å². The van der Waals surface area contributed by atoms with Crippen LogP contribution in [0.1, 0.15) is 29.7 Å². The molecule has 5 rings (SSSR count). The van der Waals surface area contributed by atoms with Gasteiger partial charge >= 0.3 is 0 Å². The Balaban J connectivity index is 0.000000586. The average molecular weight is 518 g/mol. The first kappa shape index (κ1) is 26.5. The highest BCUT2D eigenvalue weighted by Gasteiger charge is 2.29. The molecule has 0 atom stereocenters. The normalized spacial score (nSPS) is 13.9. The first-order chi connectivity index (χ1) is 17.8. The molecule has 1 heterocycles. The largest absolute Gasteiger partial charge is 0.496 e. The third-order valence-corrected chi connectivity index (χ3v) is 6.39. The molecule has 0 saturated carbocycles. The molecule has 0 spiro atoms. The minimum absolute atomic E-state index is 0.914. The number of para-hydroxylation sites is 1. The van der Waals surface area contributed by atoms with Gasteiger partial charge in [-0.25, -0.2) is 18.6 Å². The predicted molar refractivity (Wildman–Crippen MR) is 132 cm³/mol. The summed E-state index contributed by atoms with van der Waals surface area (Å²) in [6.45, 7) is 0. The highest BCUT2D eigenvalue weighted by atomic mass is 35.7. The molecule has 7 heteroatoms. The number of hydrogen-bond acceptors (Lipinski definition) is 5. The molecule has 0 aliphatic heterocycles. The van der Waals surface area contributed by atoms with Crippen LogP contribution in [-0.2, 0) is 13.5 Å². The summed E-state index contributed by atoms with van der Waals surface area (Å²) < 4.78 is 42.0. The fraction of sp³-hybridized carbons (Fsp3) is 0.167. The number of allylic oxidation sites excluding steroid dienone is 1. The summed E-state index contributed by atoms with van der Waals surface area (Å²) in [6, 6.07) is 32.1. The second-order valence-electron chi connectivity index (χ2n) is 8.70. The summed E-state index contributed by atoms with van der Waals surface area (Å²) in [6.07, 6.45) is 5.62. The van der Waals surface area contributed by atoms with Crippen molar-refractivity contribution in [1.82, 2.24) is 0 Å². The van der Waals surface area contributed by atoms with Gasteiger partial charge in [0.25, 0.3) is 0 Å². The zero-order valence-electron chi connectivity index (χ0n) is 20.7. The van der Waals surface area contributed by atoms with Crippen LogP contribution in [-0.4, -0.2) is 7.11 Å². The van der Waals surface area contributed by atoms with Crippen molar-refractivity contribution in [2.24, 2.45) is 7.05 Å². The molecule has 1 aliphatic carbocycles. The van der Waals surface area contributed by atoms with Crippen molar-refractivity contribution in [3.8, 4) is 28.1 Å². The van der Waals surface area contributed by atoms with Crippen molar-refractivity contribution < 1.29 is 38.2 Å². The average Bonchev–Trinajstić information content (AvgIpc) is 2.89. The van der Waals surface area contributed by atoms with E-state index in [-0.39, 0.29) is 0 Å². The Labute approximate surface area is 219 Å². The Morgan fingerprint density at radius 3 is 1.97 bits per heavy atom. The van der Waals surface area contributed by atoms with E-state index in [1.54, 1.807) is 7.11 Å². The van der Waals surface area contributed by atoms with Crippen LogP contribution in [0.4, 0.5) is 0 Å². The van der Waals surface area contributed by atoms with Crippen LogP contribution in [0, 0.1) is 10.2 Å². The molecule has 0 bridgehead atoms. The molecule has 0 radical (unpaired) electrons. The monoisotopic (exact) mass is 517 g/mol. The molecule has 37 heavy (non-hydrogen) atoms. The van der Waals surface area contributed by atoms with Gasteiger partial charge in [-0.15, -0.1) is 10.2 Å². The van der Waals surface area contributed by atoms with Gasteiger partial charge in [-0.3, -0.25) is 0 Å². The Morgan fingerprint density at radius 1 is 0.784 bits per heavy atom. The number of rotatable bonds is 4. The number of aromatic nitrogens is 1. The van der Waals surface area contributed by atoms with E-state index in [1.165, 1.54) is 39.2 Å². The fourth-order valence-corrected chi connectivity index (χ4v) is 4.88. The van der Waals surface area contributed by atoms with Gasteiger partial charge in [0.2, 0.25) is 11.4 Å². The summed E-state index contributed by atoms with van der Waals surface area (Å²) >= 11 is 0. The summed E-state index contributed by atoms with van der Waals surface area (Å²) in [5, 5.41) is 0.